The maximum atomic E-state index is 13.0. The predicted molar refractivity (Wildman–Crippen MR) is 47.8 cm³/mol. The van der Waals surface area contributed by atoms with E-state index < -0.39 is 18.3 Å². The van der Waals surface area contributed by atoms with Crippen molar-refractivity contribution in [2.75, 3.05) is 7.11 Å². The minimum atomic E-state index is -2.84. The van der Waals surface area contributed by atoms with Gasteiger partial charge in [0.15, 0.2) is 12.4 Å². The van der Waals surface area contributed by atoms with Crippen LogP contribution < -0.4 is 5.73 Å². The van der Waals surface area contributed by atoms with Crippen LogP contribution in [0.1, 0.15) is 19.8 Å². The van der Waals surface area contributed by atoms with E-state index in [1.807, 2.05) is 0 Å². The molecule has 0 aromatic carbocycles. The molecule has 0 bridgehead atoms. The van der Waals surface area contributed by atoms with Crippen LogP contribution in [0.4, 0.5) is 8.78 Å². The minimum Gasteiger partial charge on any atom is -0.400 e. The predicted octanol–water partition coefficient (Wildman–Crippen LogP) is 1.64. The van der Waals surface area contributed by atoms with Gasteiger partial charge in [-0.25, -0.2) is 8.78 Å². The van der Waals surface area contributed by atoms with E-state index in [4.69, 9.17) is 15.2 Å². The maximum Gasteiger partial charge on any atom is 0.268 e. The average Bonchev–Trinajstić information content (AvgIpc) is 2.81. The highest BCUT2D eigenvalue weighted by molar-refractivity contribution is 5.14. The summed E-state index contributed by atoms with van der Waals surface area (Å²) in [6.07, 6.45) is 0.0280. The van der Waals surface area contributed by atoms with Gasteiger partial charge in [-0.2, -0.15) is 0 Å². The maximum absolute atomic E-state index is 13.0. The highest BCUT2D eigenvalue weighted by Gasteiger charge is 2.42. The summed E-state index contributed by atoms with van der Waals surface area (Å²) in [5.41, 5.74) is 5.49. The number of hydrogen-bond acceptors (Lipinski definition) is 3. The van der Waals surface area contributed by atoms with Crippen molar-refractivity contribution < 1.29 is 18.3 Å². The molecule has 5 heteroatoms. The number of methoxy groups -OCH3 is 1. The number of nitrogens with two attached hydrogens (primary N) is 1. The molecular weight excluding hydrogens is 192 g/mol. The molecule has 1 heterocycles. The summed E-state index contributed by atoms with van der Waals surface area (Å²) in [5, 5.41) is 0. The van der Waals surface area contributed by atoms with Gasteiger partial charge >= 0.3 is 0 Å². The summed E-state index contributed by atoms with van der Waals surface area (Å²) in [5.74, 6) is -2.84. The van der Waals surface area contributed by atoms with Crippen molar-refractivity contribution in [3.8, 4) is 0 Å². The first-order chi connectivity index (χ1) is 6.50. The van der Waals surface area contributed by atoms with Gasteiger partial charge in [0.1, 0.15) is 0 Å². The van der Waals surface area contributed by atoms with Crippen LogP contribution in [0.5, 0.6) is 0 Å². The molecule has 0 aromatic heterocycles. The Hall–Kier alpha value is -0.680. The second kappa shape index (κ2) is 4.23. The number of ether oxygens (including phenoxy) is 2. The molecular formula is C9H15F2NO2. The highest BCUT2D eigenvalue weighted by atomic mass is 19.3. The number of rotatable bonds is 5. The molecule has 1 aliphatic heterocycles. The largest absolute Gasteiger partial charge is 0.400 e. The molecule has 2 N–H and O–H groups in total. The standard InChI is InChI=1S/C9H15F2NO2/c1-3-4-9(10,11)5-6(12)7-8(13-2)14-7/h5,7-8H,3-4,12H2,1-2H3/b6-5+. The van der Waals surface area contributed by atoms with E-state index in [9.17, 15) is 8.78 Å². The summed E-state index contributed by atoms with van der Waals surface area (Å²) < 4.78 is 35.8. The van der Waals surface area contributed by atoms with Crippen molar-refractivity contribution in [1.82, 2.24) is 0 Å². The zero-order chi connectivity index (χ0) is 10.8. The highest BCUT2D eigenvalue weighted by Crippen LogP contribution is 2.30. The van der Waals surface area contributed by atoms with E-state index in [-0.39, 0.29) is 12.1 Å². The summed E-state index contributed by atoms with van der Waals surface area (Å²) in [6, 6.07) is 0. The first-order valence-corrected chi connectivity index (χ1v) is 4.54. The molecule has 82 valence electrons. The lowest BCUT2D eigenvalue weighted by Crippen LogP contribution is -2.18. The summed E-state index contributed by atoms with van der Waals surface area (Å²) in [6.45, 7) is 1.70. The van der Waals surface area contributed by atoms with Crippen molar-refractivity contribution in [2.24, 2.45) is 5.73 Å². The molecule has 1 rings (SSSR count). The van der Waals surface area contributed by atoms with E-state index in [1.165, 1.54) is 7.11 Å². The molecule has 0 radical (unpaired) electrons. The van der Waals surface area contributed by atoms with Crippen molar-refractivity contribution >= 4 is 0 Å². The van der Waals surface area contributed by atoms with E-state index in [1.54, 1.807) is 6.92 Å². The Morgan fingerprint density at radius 2 is 2.29 bits per heavy atom. The Kier molecular flexibility index (Phi) is 3.44. The van der Waals surface area contributed by atoms with E-state index in [0.29, 0.717) is 6.42 Å². The quantitative estimate of drug-likeness (QED) is 0.697. The Balaban J connectivity index is 2.51. The molecule has 2 unspecified atom stereocenters. The second-order valence-corrected chi connectivity index (χ2v) is 3.32. The molecule has 0 amide bonds. The second-order valence-electron chi connectivity index (χ2n) is 3.32. The van der Waals surface area contributed by atoms with Gasteiger partial charge in [0.05, 0.1) is 0 Å². The zero-order valence-electron chi connectivity index (χ0n) is 8.30. The Bertz CT molecular complexity index is 231. The van der Waals surface area contributed by atoms with Gasteiger partial charge in [-0.1, -0.05) is 13.3 Å². The summed E-state index contributed by atoms with van der Waals surface area (Å²) >= 11 is 0. The fourth-order valence-corrected chi connectivity index (χ4v) is 1.25. The topological polar surface area (TPSA) is 47.8 Å². The number of hydrogen-bond donors (Lipinski definition) is 1. The van der Waals surface area contributed by atoms with Crippen LogP contribution in [0.15, 0.2) is 11.8 Å². The number of alkyl halides is 2. The molecule has 1 saturated heterocycles. The van der Waals surface area contributed by atoms with Gasteiger partial charge in [0.2, 0.25) is 0 Å². The van der Waals surface area contributed by atoms with Crippen LogP contribution >= 0.6 is 0 Å². The smallest absolute Gasteiger partial charge is 0.268 e. The molecule has 14 heavy (non-hydrogen) atoms. The molecule has 1 fully saturated rings. The van der Waals surface area contributed by atoms with Crippen LogP contribution in [-0.2, 0) is 9.47 Å². The van der Waals surface area contributed by atoms with Crippen LogP contribution in [0.25, 0.3) is 0 Å². The van der Waals surface area contributed by atoms with Gasteiger partial charge < -0.3 is 15.2 Å². The fraction of sp³-hybridized carbons (Fsp3) is 0.778. The van der Waals surface area contributed by atoms with Crippen molar-refractivity contribution in [3.63, 3.8) is 0 Å². The van der Waals surface area contributed by atoms with Gasteiger partial charge in [0, 0.05) is 25.3 Å². The van der Waals surface area contributed by atoms with Gasteiger partial charge in [-0.05, 0) is 0 Å². The monoisotopic (exact) mass is 207 g/mol. The van der Waals surface area contributed by atoms with E-state index >= 15 is 0 Å². The van der Waals surface area contributed by atoms with E-state index in [2.05, 4.69) is 0 Å². The summed E-state index contributed by atoms with van der Waals surface area (Å²) in [4.78, 5) is 0. The van der Waals surface area contributed by atoms with Crippen molar-refractivity contribution in [3.05, 3.63) is 11.8 Å². The first-order valence-electron chi connectivity index (χ1n) is 4.54. The van der Waals surface area contributed by atoms with Crippen LogP contribution in [0.3, 0.4) is 0 Å². The molecule has 3 nitrogen and oxygen atoms in total. The zero-order valence-corrected chi connectivity index (χ0v) is 8.30. The van der Waals surface area contributed by atoms with Gasteiger partial charge in [-0.3, -0.25) is 0 Å². The third-order valence-corrected chi connectivity index (χ3v) is 1.97. The third kappa shape index (κ3) is 2.92. The average molecular weight is 207 g/mol. The molecule has 2 atom stereocenters. The molecule has 0 saturated carbocycles. The minimum absolute atomic E-state index is 0.0512. The number of halogens is 2. The molecule has 0 aliphatic carbocycles. The Labute approximate surface area is 81.9 Å². The lowest BCUT2D eigenvalue weighted by atomic mass is 10.1. The fourth-order valence-electron chi connectivity index (χ4n) is 1.25. The van der Waals surface area contributed by atoms with Crippen molar-refractivity contribution in [2.45, 2.75) is 38.1 Å². The molecule has 1 aliphatic rings. The SMILES string of the molecule is CCCC(F)(F)/C=C(/N)C1OC1OC. The number of allylic oxidation sites excluding steroid dienone is 1. The Morgan fingerprint density at radius 1 is 1.64 bits per heavy atom. The van der Waals surface area contributed by atoms with Gasteiger partial charge in [0.25, 0.3) is 5.92 Å². The lowest BCUT2D eigenvalue weighted by molar-refractivity contribution is 0.0435. The molecule has 0 spiro atoms. The summed E-state index contributed by atoms with van der Waals surface area (Å²) in [7, 11) is 1.45. The lowest BCUT2D eigenvalue weighted by Gasteiger charge is -2.10. The normalized spacial score (nSPS) is 27.9. The molecule has 0 aromatic rings. The first kappa shape index (κ1) is 11.4. The Morgan fingerprint density at radius 3 is 2.71 bits per heavy atom. The third-order valence-electron chi connectivity index (χ3n) is 1.97. The van der Waals surface area contributed by atoms with Crippen molar-refractivity contribution in [1.29, 1.82) is 0 Å². The van der Waals surface area contributed by atoms with Crippen LogP contribution in [-0.4, -0.2) is 25.4 Å². The van der Waals surface area contributed by atoms with Crippen LogP contribution in [0, 0.1) is 0 Å². The number of epoxide rings is 1. The van der Waals surface area contributed by atoms with E-state index in [0.717, 1.165) is 6.08 Å². The van der Waals surface area contributed by atoms with Gasteiger partial charge in [-0.15, -0.1) is 0 Å². The van der Waals surface area contributed by atoms with Crippen LogP contribution in [0.2, 0.25) is 0 Å².